The molecule has 1 nitrogen and oxygen atoms in total. The van der Waals surface area contributed by atoms with E-state index >= 15 is 0 Å². The van der Waals surface area contributed by atoms with Crippen LogP contribution in [-0.2, 0) is 6.42 Å². The van der Waals surface area contributed by atoms with Crippen LogP contribution in [0.1, 0.15) is 25.0 Å². The van der Waals surface area contributed by atoms with Crippen LogP contribution in [0.3, 0.4) is 0 Å². The highest BCUT2D eigenvalue weighted by molar-refractivity contribution is 5.66. The molecule has 0 aliphatic carbocycles. The van der Waals surface area contributed by atoms with E-state index in [2.05, 4.69) is 17.3 Å². The van der Waals surface area contributed by atoms with Gasteiger partial charge in [-0.2, -0.15) is 0 Å². The first-order valence-electron chi connectivity index (χ1n) is 6.33. The Labute approximate surface area is 114 Å². The Bertz CT molecular complexity index is 554. The Morgan fingerprint density at radius 1 is 1.21 bits per heavy atom. The van der Waals surface area contributed by atoms with Gasteiger partial charge in [0.15, 0.2) is 0 Å². The molecule has 0 aliphatic rings. The van der Waals surface area contributed by atoms with E-state index in [-0.39, 0.29) is 5.82 Å². The van der Waals surface area contributed by atoms with Crippen molar-refractivity contribution in [3.63, 3.8) is 0 Å². The van der Waals surface area contributed by atoms with Crippen molar-refractivity contribution in [2.24, 2.45) is 0 Å². The molecule has 0 spiro atoms. The average molecular weight is 255 g/mol. The summed E-state index contributed by atoms with van der Waals surface area (Å²) in [7, 11) is 0. The maximum absolute atomic E-state index is 13.1. The minimum Gasteiger partial charge on any atom is -0.265 e. The Morgan fingerprint density at radius 3 is 2.47 bits per heavy atom. The van der Waals surface area contributed by atoms with Crippen LogP contribution >= 0.6 is 0 Å². The molecule has 98 valence electrons. The first kappa shape index (κ1) is 14.9. The second-order valence-electron chi connectivity index (χ2n) is 3.70. The number of hydrogen-bond acceptors (Lipinski definition) is 1. The van der Waals surface area contributed by atoms with E-state index in [1.165, 1.54) is 12.1 Å². The fraction of sp³-hybridized carbons (Fsp3) is 0.176. The lowest BCUT2D eigenvalue weighted by atomic mass is 10.00. The van der Waals surface area contributed by atoms with Gasteiger partial charge < -0.3 is 0 Å². The van der Waals surface area contributed by atoms with Crippen molar-refractivity contribution in [3.05, 3.63) is 78.0 Å². The normalized spacial score (nSPS) is 9.00. The van der Waals surface area contributed by atoms with Crippen LogP contribution in [0.15, 0.2) is 61.1 Å². The minimum absolute atomic E-state index is 0.245. The van der Waals surface area contributed by atoms with E-state index in [0.717, 1.165) is 16.7 Å². The van der Waals surface area contributed by atoms with E-state index in [9.17, 15) is 4.39 Å². The fourth-order valence-electron chi connectivity index (χ4n) is 1.65. The molecule has 19 heavy (non-hydrogen) atoms. The molecular weight excluding hydrogens is 237 g/mol. The third kappa shape index (κ3) is 4.53. The molecule has 0 unspecified atom stereocenters. The van der Waals surface area contributed by atoms with Crippen LogP contribution in [0, 0.1) is 5.82 Å². The third-order valence-corrected chi connectivity index (χ3v) is 2.52. The number of rotatable bonds is 3. The van der Waals surface area contributed by atoms with Crippen LogP contribution in [0.25, 0.3) is 5.57 Å². The molecule has 0 fully saturated rings. The summed E-state index contributed by atoms with van der Waals surface area (Å²) in [6.07, 6.45) is 4.15. The molecule has 0 atom stereocenters. The van der Waals surface area contributed by atoms with Crippen LogP contribution in [-0.4, -0.2) is 4.98 Å². The van der Waals surface area contributed by atoms with Gasteiger partial charge in [-0.25, -0.2) is 4.39 Å². The molecule has 0 bridgehead atoms. The third-order valence-electron chi connectivity index (χ3n) is 2.52. The minimum atomic E-state index is -0.245. The molecule has 0 amide bonds. The number of halogens is 1. The Balaban J connectivity index is 0.000000861. The fourth-order valence-corrected chi connectivity index (χ4v) is 1.65. The van der Waals surface area contributed by atoms with E-state index < -0.39 is 0 Å². The molecule has 2 aromatic rings. The van der Waals surface area contributed by atoms with Gasteiger partial charge >= 0.3 is 0 Å². The van der Waals surface area contributed by atoms with Gasteiger partial charge in [0.05, 0.1) is 0 Å². The average Bonchev–Trinajstić information content (AvgIpc) is 2.48. The lowest BCUT2D eigenvalue weighted by Crippen LogP contribution is -1.91. The number of pyridine rings is 1. The zero-order chi connectivity index (χ0) is 14.1. The molecule has 1 heterocycles. The second kappa shape index (κ2) is 8.02. The van der Waals surface area contributed by atoms with Gasteiger partial charge in [-0.3, -0.25) is 4.98 Å². The smallest absolute Gasteiger partial charge is 0.123 e. The molecule has 1 aromatic heterocycles. The second-order valence-corrected chi connectivity index (χ2v) is 3.70. The molecule has 1 aromatic carbocycles. The molecule has 2 rings (SSSR count). The summed E-state index contributed by atoms with van der Waals surface area (Å²) in [5, 5.41) is 0. The van der Waals surface area contributed by atoms with Crippen LogP contribution < -0.4 is 0 Å². The zero-order valence-corrected chi connectivity index (χ0v) is 11.4. The number of hydrogen-bond donors (Lipinski definition) is 0. The zero-order valence-electron chi connectivity index (χ0n) is 11.4. The Kier molecular flexibility index (Phi) is 6.28. The predicted octanol–water partition coefficient (Wildman–Crippen LogP) is 4.66. The molecule has 0 aliphatic heterocycles. The van der Waals surface area contributed by atoms with Crippen LogP contribution in [0.2, 0.25) is 0 Å². The van der Waals surface area contributed by atoms with Crippen molar-refractivity contribution in [1.82, 2.24) is 4.98 Å². The lowest BCUT2D eigenvalue weighted by Gasteiger charge is -2.05. The van der Waals surface area contributed by atoms with Crippen molar-refractivity contribution in [2.75, 3.05) is 0 Å². The molecular formula is C17H18FN. The highest BCUT2D eigenvalue weighted by Crippen LogP contribution is 2.18. The molecule has 0 saturated heterocycles. The summed E-state index contributed by atoms with van der Waals surface area (Å²) in [5.41, 5.74) is 5.68. The number of allylic oxidation sites excluding steroid dienone is 1. The summed E-state index contributed by atoms with van der Waals surface area (Å²) in [5.74, 6) is -0.245. The van der Waals surface area contributed by atoms with Crippen LogP contribution in [0.4, 0.5) is 4.39 Å². The van der Waals surface area contributed by atoms with Gasteiger partial charge in [0.2, 0.25) is 0 Å². The highest BCUT2D eigenvalue weighted by atomic mass is 19.1. The van der Waals surface area contributed by atoms with Gasteiger partial charge in [-0.15, -0.1) is 5.73 Å². The summed E-state index contributed by atoms with van der Waals surface area (Å²) in [6.45, 7) is 7.66. The highest BCUT2D eigenvalue weighted by Gasteiger charge is 2.03. The van der Waals surface area contributed by atoms with Gasteiger partial charge in [-0.1, -0.05) is 32.6 Å². The molecule has 0 saturated carbocycles. The SMILES string of the molecule is C=C=C(Cc1ccncc1)c1cccc(F)c1.CC. The van der Waals surface area contributed by atoms with Crippen LogP contribution in [0.5, 0.6) is 0 Å². The van der Waals surface area contributed by atoms with E-state index in [4.69, 9.17) is 0 Å². The first-order chi connectivity index (χ1) is 9.29. The maximum Gasteiger partial charge on any atom is 0.123 e. The van der Waals surface area contributed by atoms with Crippen molar-refractivity contribution >= 4 is 5.57 Å². The van der Waals surface area contributed by atoms with Gasteiger partial charge in [0.1, 0.15) is 5.82 Å². The summed E-state index contributed by atoms with van der Waals surface area (Å²) in [6, 6.07) is 10.3. The van der Waals surface area contributed by atoms with E-state index in [1.54, 1.807) is 18.5 Å². The number of benzene rings is 1. The number of aromatic nitrogens is 1. The summed E-state index contributed by atoms with van der Waals surface area (Å²) < 4.78 is 13.1. The van der Waals surface area contributed by atoms with Gasteiger partial charge in [-0.05, 0) is 35.4 Å². The van der Waals surface area contributed by atoms with Crippen molar-refractivity contribution < 1.29 is 4.39 Å². The standard InChI is InChI=1S/C15H12FN.C2H6/c1-2-13(10-12-6-8-17-9-7-12)14-4-3-5-15(16)11-14;1-2/h3-9,11H,1,10H2;1-2H3. The Hall–Kier alpha value is -2.18. The van der Waals surface area contributed by atoms with Crippen molar-refractivity contribution in [3.8, 4) is 0 Å². The predicted molar refractivity (Wildman–Crippen MR) is 78.2 cm³/mol. The molecule has 0 N–H and O–H groups in total. The molecule has 0 radical (unpaired) electrons. The van der Waals surface area contributed by atoms with Crippen molar-refractivity contribution in [1.29, 1.82) is 0 Å². The quantitative estimate of drug-likeness (QED) is 0.727. The summed E-state index contributed by atoms with van der Waals surface area (Å²) >= 11 is 0. The molecule has 2 heteroatoms. The van der Waals surface area contributed by atoms with E-state index in [1.807, 2.05) is 32.0 Å². The number of nitrogens with zero attached hydrogens (tertiary/aromatic N) is 1. The van der Waals surface area contributed by atoms with Gasteiger partial charge in [0, 0.05) is 24.4 Å². The van der Waals surface area contributed by atoms with Crippen molar-refractivity contribution in [2.45, 2.75) is 20.3 Å². The topological polar surface area (TPSA) is 12.9 Å². The maximum atomic E-state index is 13.1. The monoisotopic (exact) mass is 255 g/mol. The lowest BCUT2D eigenvalue weighted by molar-refractivity contribution is 0.627. The van der Waals surface area contributed by atoms with Gasteiger partial charge in [0.25, 0.3) is 0 Å². The first-order valence-corrected chi connectivity index (χ1v) is 6.33. The van der Waals surface area contributed by atoms with E-state index in [0.29, 0.717) is 6.42 Å². The summed E-state index contributed by atoms with van der Waals surface area (Å²) in [4.78, 5) is 3.96. The largest absolute Gasteiger partial charge is 0.265 e. The Morgan fingerprint density at radius 2 is 1.89 bits per heavy atom.